The molecule has 0 saturated heterocycles. The van der Waals surface area contributed by atoms with Gasteiger partial charge < -0.3 is 15.2 Å². The molecule has 38 heavy (non-hydrogen) atoms. The van der Waals surface area contributed by atoms with Gasteiger partial charge in [-0.05, 0) is 42.0 Å². The number of fused-ring (bicyclic) bond motifs is 1. The lowest BCUT2D eigenvalue weighted by atomic mass is 10.1. The van der Waals surface area contributed by atoms with E-state index in [1.54, 1.807) is 0 Å². The van der Waals surface area contributed by atoms with Gasteiger partial charge in [-0.3, -0.25) is 19.0 Å². The lowest BCUT2D eigenvalue weighted by molar-refractivity contribution is -0.138. The molecular formula is C25H16Cl2F3N3O5. The summed E-state index contributed by atoms with van der Waals surface area (Å²) < 4.78 is 46.0. The molecule has 0 atom stereocenters. The fraction of sp³-hybridized carbons (Fsp3) is 0.120. The van der Waals surface area contributed by atoms with Gasteiger partial charge in [-0.25, -0.2) is 4.98 Å². The summed E-state index contributed by atoms with van der Waals surface area (Å²) in [6.07, 6.45) is -3.28. The van der Waals surface area contributed by atoms with Gasteiger partial charge in [-0.1, -0.05) is 35.3 Å². The second-order valence-corrected chi connectivity index (χ2v) is 8.82. The van der Waals surface area contributed by atoms with E-state index in [0.29, 0.717) is 0 Å². The van der Waals surface area contributed by atoms with Crippen molar-refractivity contribution in [3.8, 4) is 11.5 Å². The lowest BCUT2D eigenvalue weighted by Crippen LogP contribution is -2.29. The topological polar surface area (TPSA) is 111 Å². The summed E-state index contributed by atoms with van der Waals surface area (Å²) in [5.41, 5.74) is -0.719. The van der Waals surface area contributed by atoms with Crippen LogP contribution in [0.5, 0.6) is 11.5 Å². The highest BCUT2D eigenvalue weighted by atomic mass is 35.5. The fourth-order valence-electron chi connectivity index (χ4n) is 3.52. The minimum absolute atomic E-state index is 0.0142. The van der Waals surface area contributed by atoms with Gasteiger partial charge in [0.1, 0.15) is 12.3 Å². The molecule has 4 rings (SSSR count). The number of ether oxygens (including phenoxy) is 1. The fourth-order valence-corrected chi connectivity index (χ4v) is 4.09. The van der Waals surface area contributed by atoms with Crippen molar-refractivity contribution >= 4 is 46.0 Å². The number of halogens is 5. The molecular weight excluding hydrogens is 550 g/mol. The number of nitrogens with one attached hydrogen (secondary N) is 1. The SMILES string of the molecule is O=C(O)CNC(=O)c1cc(Cl)c(Oc2ccc3c(=O)n(Cc4cccc(C(F)(F)F)c4)cnc3c2)c(Cl)c1. The highest BCUT2D eigenvalue weighted by Crippen LogP contribution is 2.38. The molecule has 0 fully saturated rings. The summed E-state index contributed by atoms with van der Waals surface area (Å²) in [5.74, 6) is -1.69. The van der Waals surface area contributed by atoms with Crippen molar-refractivity contribution in [3.63, 3.8) is 0 Å². The number of carboxylic acid groups (broad SMARTS) is 1. The van der Waals surface area contributed by atoms with Crippen LogP contribution in [0.3, 0.4) is 0 Å². The van der Waals surface area contributed by atoms with Gasteiger partial charge in [-0.15, -0.1) is 0 Å². The maximum Gasteiger partial charge on any atom is 0.416 e. The molecule has 2 N–H and O–H groups in total. The van der Waals surface area contributed by atoms with Crippen molar-refractivity contribution in [1.82, 2.24) is 14.9 Å². The van der Waals surface area contributed by atoms with Crippen molar-refractivity contribution < 1.29 is 32.6 Å². The van der Waals surface area contributed by atoms with E-state index in [-0.39, 0.29) is 50.1 Å². The summed E-state index contributed by atoms with van der Waals surface area (Å²) in [5, 5.41) is 11.0. The molecule has 1 amide bonds. The van der Waals surface area contributed by atoms with Gasteiger partial charge in [0.15, 0.2) is 5.75 Å². The Morgan fingerprint density at radius 2 is 1.76 bits per heavy atom. The van der Waals surface area contributed by atoms with Crippen molar-refractivity contribution in [1.29, 1.82) is 0 Å². The Bertz CT molecular complexity index is 1600. The lowest BCUT2D eigenvalue weighted by Gasteiger charge is -2.13. The zero-order chi connectivity index (χ0) is 27.6. The summed E-state index contributed by atoms with van der Waals surface area (Å²) in [4.78, 5) is 39.9. The number of benzene rings is 3. The first-order valence-electron chi connectivity index (χ1n) is 10.7. The third-order valence-corrected chi connectivity index (χ3v) is 5.85. The molecule has 0 radical (unpaired) electrons. The summed E-state index contributed by atoms with van der Waals surface area (Å²) in [6.45, 7) is -0.695. The first-order valence-corrected chi connectivity index (χ1v) is 11.5. The second kappa shape index (κ2) is 10.7. The largest absolute Gasteiger partial charge is 0.480 e. The Hall–Kier alpha value is -4.09. The zero-order valence-corrected chi connectivity index (χ0v) is 20.6. The van der Waals surface area contributed by atoms with Crippen molar-refractivity contribution in [3.05, 3.63) is 98.0 Å². The van der Waals surface area contributed by atoms with Gasteiger partial charge in [0.2, 0.25) is 0 Å². The van der Waals surface area contributed by atoms with Crippen LogP contribution >= 0.6 is 23.2 Å². The highest BCUT2D eigenvalue weighted by Gasteiger charge is 2.30. The van der Waals surface area contributed by atoms with Crippen LogP contribution in [0.15, 0.2) is 65.7 Å². The number of rotatable bonds is 7. The zero-order valence-electron chi connectivity index (χ0n) is 19.1. The minimum atomic E-state index is -4.50. The monoisotopic (exact) mass is 565 g/mol. The maximum absolute atomic E-state index is 13.0. The normalized spacial score (nSPS) is 11.4. The van der Waals surface area contributed by atoms with Gasteiger partial charge in [0.05, 0.1) is 39.4 Å². The molecule has 8 nitrogen and oxygen atoms in total. The molecule has 0 unspecified atom stereocenters. The predicted octanol–water partition coefficient (Wildman–Crippen LogP) is 5.38. The molecule has 1 aromatic heterocycles. The van der Waals surface area contributed by atoms with Crippen LogP contribution < -0.4 is 15.6 Å². The molecule has 0 aliphatic rings. The van der Waals surface area contributed by atoms with Crippen molar-refractivity contribution in [2.45, 2.75) is 12.7 Å². The molecule has 0 saturated carbocycles. The predicted molar refractivity (Wildman–Crippen MR) is 133 cm³/mol. The van der Waals surface area contributed by atoms with Crippen molar-refractivity contribution in [2.24, 2.45) is 0 Å². The van der Waals surface area contributed by atoms with Crippen LogP contribution in [0.2, 0.25) is 10.0 Å². The standard InChI is InChI=1S/C25H16Cl2F3N3O5/c26-18-7-14(23(36)31-10-21(34)35)8-19(27)22(18)38-16-4-5-17-20(9-16)32-12-33(24(17)37)11-13-2-1-3-15(6-13)25(28,29)30/h1-9,12H,10-11H2,(H,31,36)(H,34,35). The number of alkyl halides is 3. The molecule has 3 aromatic carbocycles. The van der Waals surface area contributed by atoms with Gasteiger partial charge in [-0.2, -0.15) is 13.2 Å². The van der Waals surface area contributed by atoms with Crippen LogP contribution in [0, 0.1) is 0 Å². The Morgan fingerprint density at radius 3 is 2.42 bits per heavy atom. The Kier molecular flexibility index (Phi) is 7.61. The number of aromatic nitrogens is 2. The highest BCUT2D eigenvalue weighted by molar-refractivity contribution is 6.37. The average molecular weight is 566 g/mol. The number of carbonyl (C=O) groups is 2. The Morgan fingerprint density at radius 1 is 1.05 bits per heavy atom. The van der Waals surface area contributed by atoms with Crippen LogP contribution in [0.1, 0.15) is 21.5 Å². The second-order valence-electron chi connectivity index (χ2n) is 8.00. The van der Waals surface area contributed by atoms with Gasteiger partial charge >= 0.3 is 12.1 Å². The van der Waals surface area contributed by atoms with E-state index in [9.17, 15) is 27.6 Å². The number of hydrogen-bond acceptors (Lipinski definition) is 5. The van der Waals surface area contributed by atoms with Crippen LogP contribution in [-0.2, 0) is 17.5 Å². The van der Waals surface area contributed by atoms with Crippen LogP contribution in [-0.4, -0.2) is 33.1 Å². The third-order valence-electron chi connectivity index (χ3n) is 5.28. The number of nitrogens with zero attached hydrogens (tertiary/aromatic N) is 2. The van der Waals surface area contributed by atoms with Crippen LogP contribution in [0.25, 0.3) is 10.9 Å². The molecule has 0 aliphatic carbocycles. The number of hydrogen-bond donors (Lipinski definition) is 2. The van der Waals surface area contributed by atoms with E-state index in [4.69, 9.17) is 33.0 Å². The first-order chi connectivity index (χ1) is 17.9. The number of carbonyl (C=O) groups excluding carboxylic acids is 1. The maximum atomic E-state index is 13.0. The Balaban J connectivity index is 1.57. The summed E-state index contributed by atoms with van der Waals surface area (Å²) >= 11 is 12.5. The molecule has 0 spiro atoms. The van der Waals surface area contributed by atoms with E-state index >= 15 is 0 Å². The summed E-state index contributed by atoms with van der Waals surface area (Å²) in [6, 6.07) is 11.5. The minimum Gasteiger partial charge on any atom is -0.480 e. The van der Waals surface area contributed by atoms with Crippen LogP contribution in [0.4, 0.5) is 13.2 Å². The smallest absolute Gasteiger partial charge is 0.416 e. The van der Waals surface area contributed by atoms with Crippen molar-refractivity contribution in [2.75, 3.05) is 6.54 Å². The van der Waals surface area contributed by atoms with Gasteiger partial charge in [0.25, 0.3) is 11.5 Å². The number of carboxylic acids is 1. The van der Waals surface area contributed by atoms with E-state index in [1.807, 2.05) is 0 Å². The molecule has 196 valence electrons. The van der Waals surface area contributed by atoms with Gasteiger partial charge in [0, 0.05) is 11.6 Å². The first kappa shape index (κ1) is 27.0. The van der Waals surface area contributed by atoms with E-state index in [2.05, 4.69) is 10.3 Å². The van der Waals surface area contributed by atoms with E-state index < -0.39 is 35.7 Å². The molecule has 4 aromatic rings. The van der Waals surface area contributed by atoms with E-state index in [1.165, 1.54) is 53.4 Å². The molecule has 1 heterocycles. The number of aliphatic carboxylic acids is 1. The molecule has 0 bridgehead atoms. The molecule has 0 aliphatic heterocycles. The number of amides is 1. The summed E-state index contributed by atoms with van der Waals surface area (Å²) in [7, 11) is 0. The third kappa shape index (κ3) is 6.06. The quantitative estimate of drug-likeness (QED) is 0.311. The Labute approximate surface area is 222 Å². The average Bonchev–Trinajstić information content (AvgIpc) is 2.86. The van der Waals surface area contributed by atoms with E-state index in [0.717, 1.165) is 12.1 Å². The molecule has 13 heteroatoms.